The number of nitrogens with zero attached hydrogens (tertiary/aromatic N) is 1. The predicted molar refractivity (Wildman–Crippen MR) is 54.0 cm³/mol. The van der Waals surface area contributed by atoms with Crippen LogP contribution >= 0.6 is 0 Å². The van der Waals surface area contributed by atoms with Crippen LogP contribution in [0.4, 0.5) is 0 Å². The lowest BCUT2D eigenvalue weighted by Crippen LogP contribution is -2.48. The Hall–Kier alpha value is -0.800. The Labute approximate surface area is 84.3 Å². The lowest BCUT2D eigenvalue weighted by Gasteiger charge is -2.38. The quantitative estimate of drug-likeness (QED) is 0.765. The lowest BCUT2D eigenvalue weighted by molar-refractivity contribution is 0.0531. The zero-order chi connectivity index (χ0) is 9.80. The van der Waals surface area contributed by atoms with Crippen molar-refractivity contribution in [2.45, 2.75) is 12.8 Å². The summed E-state index contributed by atoms with van der Waals surface area (Å²) in [6.45, 7) is 3.59. The molecule has 2 heterocycles. The minimum atomic E-state index is 0.342. The van der Waals surface area contributed by atoms with Crippen molar-refractivity contribution in [1.29, 1.82) is 0 Å². The molecule has 3 nitrogen and oxygen atoms in total. The van der Waals surface area contributed by atoms with Crippen molar-refractivity contribution < 1.29 is 9.52 Å². The Morgan fingerprint density at radius 3 is 3.00 bits per heavy atom. The third kappa shape index (κ3) is 2.36. The number of rotatable bonds is 5. The maximum atomic E-state index is 8.84. The van der Waals surface area contributed by atoms with Gasteiger partial charge in [-0.3, -0.25) is 0 Å². The molecule has 0 atom stereocenters. The summed E-state index contributed by atoms with van der Waals surface area (Å²) in [5.74, 6) is 1.60. The van der Waals surface area contributed by atoms with Crippen molar-refractivity contribution in [2.24, 2.45) is 5.92 Å². The highest BCUT2D eigenvalue weighted by Gasteiger charge is 2.24. The molecule has 2 rings (SSSR count). The van der Waals surface area contributed by atoms with E-state index in [4.69, 9.17) is 9.52 Å². The molecule has 0 spiro atoms. The second-order valence-electron chi connectivity index (χ2n) is 3.99. The minimum absolute atomic E-state index is 0.342. The molecular formula is C11H17NO2. The number of furan rings is 1. The monoisotopic (exact) mass is 195 g/mol. The fourth-order valence-electron chi connectivity index (χ4n) is 1.91. The van der Waals surface area contributed by atoms with E-state index in [1.54, 1.807) is 6.26 Å². The van der Waals surface area contributed by atoms with Gasteiger partial charge in [0.25, 0.3) is 0 Å². The Bertz CT molecular complexity index is 252. The van der Waals surface area contributed by atoms with E-state index in [1.165, 1.54) is 0 Å². The largest absolute Gasteiger partial charge is 0.469 e. The van der Waals surface area contributed by atoms with E-state index in [9.17, 15) is 0 Å². The fourth-order valence-corrected chi connectivity index (χ4v) is 1.91. The normalized spacial score (nSPS) is 18.4. The number of aliphatic hydroxyl groups excluding tert-OH is 1. The fraction of sp³-hybridized carbons (Fsp3) is 0.636. The average molecular weight is 195 g/mol. The maximum Gasteiger partial charge on any atom is 0.103 e. The van der Waals surface area contributed by atoms with E-state index in [1.807, 2.05) is 12.1 Å². The van der Waals surface area contributed by atoms with Gasteiger partial charge in [-0.05, 0) is 25.1 Å². The van der Waals surface area contributed by atoms with Crippen LogP contribution in [0.15, 0.2) is 22.8 Å². The molecule has 14 heavy (non-hydrogen) atoms. The van der Waals surface area contributed by atoms with Gasteiger partial charge in [-0.1, -0.05) is 0 Å². The summed E-state index contributed by atoms with van der Waals surface area (Å²) in [7, 11) is 0. The molecule has 0 aromatic carbocycles. The Kier molecular flexibility index (Phi) is 3.22. The summed E-state index contributed by atoms with van der Waals surface area (Å²) in [6.07, 6.45) is 3.89. The highest BCUT2D eigenvalue weighted by atomic mass is 16.3. The molecule has 1 saturated heterocycles. The van der Waals surface area contributed by atoms with Crippen LogP contribution in [0.1, 0.15) is 12.2 Å². The first-order valence-corrected chi connectivity index (χ1v) is 5.24. The average Bonchev–Trinajstić information content (AvgIpc) is 2.61. The van der Waals surface area contributed by atoms with Gasteiger partial charge in [0.2, 0.25) is 0 Å². The van der Waals surface area contributed by atoms with Gasteiger partial charge in [0.1, 0.15) is 5.76 Å². The zero-order valence-electron chi connectivity index (χ0n) is 8.35. The predicted octanol–water partition coefficient (Wildman–Crippen LogP) is 1.14. The summed E-state index contributed by atoms with van der Waals surface area (Å²) in [5.41, 5.74) is 0. The van der Waals surface area contributed by atoms with E-state index in [0.29, 0.717) is 12.5 Å². The molecule has 0 amide bonds. The second kappa shape index (κ2) is 4.62. The molecule has 1 aromatic rings. The van der Waals surface area contributed by atoms with Gasteiger partial charge in [0, 0.05) is 32.0 Å². The van der Waals surface area contributed by atoms with Crippen molar-refractivity contribution >= 4 is 0 Å². The number of hydrogen-bond donors (Lipinski definition) is 1. The topological polar surface area (TPSA) is 36.6 Å². The Balaban J connectivity index is 1.56. The molecule has 1 aliphatic rings. The molecule has 3 heteroatoms. The molecular weight excluding hydrogens is 178 g/mol. The van der Waals surface area contributed by atoms with Crippen LogP contribution in [-0.4, -0.2) is 36.2 Å². The molecule has 0 radical (unpaired) electrons. The van der Waals surface area contributed by atoms with E-state index >= 15 is 0 Å². The van der Waals surface area contributed by atoms with Crippen LogP contribution in [0.25, 0.3) is 0 Å². The molecule has 1 N–H and O–H groups in total. The lowest BCUT2D eigenvalue weighted by atomic mass is 10.0. The van der Waals surface area contributed by atoms with Crippen molar-refractivity contribution in [3.8, 4) is 0 Å². The van der Waals surface area contributed by atoms with Crippen LogP contribution in [0.3, 0.4) is 0 Å². The summed E-state index contributed by atoms with van der Waals surface area (Å²) in [6, 6.07) is 3.95. The van der Waals surface area contributed by atoms with Crippen LogP contribution < -0.4 is 0 Å². The van der Waals surface area contributed by atoms with Crippen LogP contribution in [-0.2, 0) is 6.42 Å². The van der Waals surface area contributed by atoms with E-state index in [2.05, 4.69) is 4.90 Å². The first-order valence-electron chi connectivity index (χ1n) is 5.24. The summed E-state index contributed by atoms with van der Waals surface area (Å²) < 4.78 is 5.25. The second-order valence-corrected chi connectivity index (χ2v) is 3.99. The molecule has 0 aliphatic carbocycles. The maximum absolute atomic E-state index is 8.84. The Morgan fingerprint density at radius 2 is 2.36 bits per heavy atom. The third-order valence-corrected chi connectivity index (χ3v) is 2.77. The van der Waals surface area contributed by atoms with E-state index < -0.39 is 0 Å². The minimum Gasteiger partial charge on any atom is -0.469 e. The Morgan fingerprint density at radius 1 is 1.50 bits per heavy atom. The van der Waals surface area contributed by atoms with Gasteiger partial charge in [0.05, 0.1) is 6.26 Å². The van der Waals surface area contributed by atoms with Crippen molar-refractivity contribution in [3.63, 3.8) is 0 Å². The summed E-state index contributed by atoms with van der Waals surface area (Å²) >= 11 is 0. The highest BCUT2D eigenvalue weighted by molar-refractivity contribution is 4.98. The van der Waals surface area contributed by atoms with Crippen molar-refractivity contribution in [1.82, 2.24) is 4.90 Å². The SMILES string of the molecule is OCC1CN(CCCc2ccco2)C1. The first-order chi connectivity index (χ1) is 6.88. The summed E-state index contributed by atoms with van der Waals surface area (Å²) in [4.78, 5) is 2.38. The smallest absolute Gasteiger partial charge is 0.103 e. The first kappa shape index (κ1) is 9.74. The highest BCUT2D eigenvalue weighted by Crippen LogP contribution is 2.15. The number of likely N-dealkylation sites (tertiary alicyclic amines) is 1. The van der Waals surface area contributed by atoms with Crippen LogP contribution in [0.2, 0.25) is 0 Å². The number of aliphatic hydroxyl groups is 1. The van der Waals surface area contributed by atoms with Gasteiger partial charge in [-0.2, -0.15) is 0 Å². The van der Waals surface area contributed by atoms with Gasteiger partial charge in [0.15, 0.2) is 0 Å². The van der Waals surface area contributed by atoms with Gasteiger partial charge < -0.3 is 14.4 Å². The molecule has 78 valence electrons. The number of hydrogen-bond acceptors (Lipinski definition) is 3. The zero-order valence-corrected chi connectivity index (χ0v) is 8.35. The molecule has 0 saturated carbocycles. The molecule has 1 fully saturated rings. The van der Waals surface area contributed by atoms with Crippen LogP contribution in [0, 0.1) is 5.92 Å². The molecule has 1 aromatic heterocycles. The van der Waals surface area contributed by atoms with Gasteiger partial charge in [-0.25, -0.2) is 0 Å². The standard InChI is InChI=1S/C11H17NO2/c13-9-10-7-12(8-10)5-1-3-11-4-2-6-14-11/h2,4,6,10,13H,1,3,5,7-9H2. The van der Waals surface area contributed by atoms with Crippen LogP contribution in [0.5, 0.6) is 0 Å². The third-order valence-electron chi connectivity index (χ3n) is 2.77. The van der Waals surface area contributed by atoms with Crippen molar-refractivity contribution in [3.05, 3.63) is 24.2 Å². The van der Waals surface area contributed by atoms with Crippen molar-refractivity contribution in [2.75, 3.05) is 26.2 Å². The van der Waals surface area contributed by atoms with Gasteiger partial charge >= 0.3 is 0 Å². The molecule has 0 unspecified atom stereocenters. The molecule has 0 bridgehead atoms. The molecule has 1 aliphatic heterocycles. The van der Waals surface area contributed by atoms with E-state index in [-0.39, 0.29) is 0 Å². The summed E-state index contributed by atoms with van der Waals surface area (Å²) in [5, 5.41) is 8.84. The van der Waals surface area contributed by atoms with Gasteiger partial charge in [-0.15, -0.1) is 0 Å². The van der Waals surface area contributed by atoms with E-state index in [0.717, 1.165) is 38.2 Å². The number of aryl methyl sites for hydroxylation is 1.